The Labute approximate surface area is 205 Å². The SMILES string of the molecule is CN(Cc1ccc(N2CCCCC2)cc1)C(=O)C1CCCN(C(=O)c2ccccc2OC(F)F)C1. The molecule has 0 saturated carbocycles. The molecule has 2 amide bonds. The van der Waals surface area contributed by atoms with Crippen molar-refractivity contribution in [1.82, 2.24) is 9.80 Å². The Balaban J connectivity index is 1.36. The molecule has 0 bridgehead atoms. The Bertz CT molecular complexity index is 1010. The van der Waals surface area contributed by atoms with Gasteiger partial charge in [-0.1, -0.05) is 24.3 Å². The van der Waals surface area contributed by atoms with Gasteiger partial charge >= 0.3 is 6.61 Å². The second-order valence-electron chi connectivity index (χ2n) is 9.37. The summed E-state index contributed by atoms with van der Waals surface area (Å²) in [5, 5.41) is 0. The van der Waals surface area contributed by atoms with Crippen LogP contribution in [0.3, 0.4) is 0 Å². The van der Waals surface area contributed by atoms with Gasteiger partial charge in [0.05, 0.1) is 11.5 Å². The van der Waals surface area contributed by atoms with Crippen LogP contribution in [0.25, 0.3) is 0 Å². The molecule has 0 radical (unpaired) electrons. The number of likely N-dealkylation sites (tertiary alicyclic amines) is 1. The van der Waals surface area contributed by atoms with E-state index in [1.165, 1.54) is 37.1 Å². The van der Waals surface area contributed by atoms with E-state index in [9.17, 15) is 18.4 Å². The van der Waals surface area contributed by atoms with Crippen LogP contribution >= 0.6 is 0 Å². The van der Waals surface area contributed by atoms with Gasteiger partial charge in [-0.2, -0.15) is 8.78 Å². The van der Waals surface area contributed by atoms with E-state index in [1.54, 1.807) is 29.0 Å². The highest BCUT2D eigenvalue weighted by molar-refractivity contribution is 5.97. The van der Waals surface area contributed by atoms with E-state index in [4.69, 9.17) is 0 Å². The van der Waals surface area contributed by atoms with Crippen molar-refractivity contribution in [3.63, 3.8) is 0 Å². The van der Waals surface area contributed by atoms with Gasteiger partial charge in [-0.3, -0.25) is 9.59 Å². The van der Waals surface area contributed by atoms with Gasteiger partial charge in [0, 0.05) is 45.5 Å². The second kappa shape index (κ2) is 11.5. The minimum atomic E-state index is -3.01. The highest BCUT2D eigenvalue weighted by atomic mass is 19.3. The predicted molar refractivity (Wildman–Crippen MR) is 131 cm³/mol. The molecule has 1 unspecified atom stereocenters. The van der Waals surface area contributed by atoms with Crippen LogP contribution < -0.4 is 9.64 Å². The highest BCUT2D eigenvalue weighted by Crippen LogP contribution is 2.26. The van der Waals surface area contributed by atoms with Gasteiger partial charge in [-0.15, -0.1) is 0 Å². The average Bonchev–Trinajstić information content (AvgIpc) is 2.89. The van der Waals surface area contributed by atoms with Crippen molar-refractivity contribution >= 4 is 17.5 Å². The summed E-state index contributed by atoms with van der Waals surface area (Å²) in [6.45, 7) is 0.406. The van der Waals surface area contributed by atoms with Crippen molar-refractivity contribution < 1.29 is 23.1 Å². The molecular weight excluding hydrogens is 452 g/mol. The number of para-hydroxylation sites is 1. The Morgan fingerprint density at radius 2 is 1.71 bits per heavy atom. The van der Waals surface area contributed by atoms with E-state index in [0.717, 1.165) is 18.7 Å². The molecule has 2 saturated heterocycles. The molecule has 0 aromatic heterocycles. The van der Waals surface area contributed by atoms with Crippen molar-refractivity contribution in [2.24, 2.45) is 5.92 Å². The zero-order valence-corrected chi connectivity index (χ0v) is 20.2. The van der Waals surface area contributed by atoms with Gasteiger partial charge in [-0.05, 0) is 61.9 Å². The first-order valence-electron chi connectivity index (χ1n) is 12.3. The number of amides is 2. The number of hydrogen-bond acceptors (Lipinski definition) is 4. The minimum absolute atomic E-state index is 0.0141. The molecule has 2 aromatic rings. The van der Waals surface area contributed by atoms with Crippen molar-refractivity contribution in [3.05, 3.63) is 59.7 Å². The summed E-state index contributed by atoms with van der Waals surface area (Å²) in [5.41, 5.74) is 2.37. The number of hydrogen-bond donors (Lipinski definition) is 0. The van der Waals surface area contributed by atoms with Crippen LogP contribution in [0.5, 0.6) is 5.75 Å². The van der Waals surface area contributed by atoms with Crippen LogP contribution in [0.4, 0.5) is 14.5 Å². The number of alkyl halides is 2. The van der Waals surface area contributed by atoms with Gasteiger partial charge in [0.25, 0.3) is 5.91 Å². The van der Waals surface area contributed by atoms with E-state index in [1.807, 2.05) is 0 Å². The second-order valence-corrected chi connectivity index (χ2v) is 9.37. The molecule has 2 aliphatic heterocycles. The van der Waals surface area contributed by atoms with E-state index >= 15 is 0 Å². The maximum absolute atomic E-state index is 13.2. The number of benzene rings is 2. The first kappa shape index (κ1) is 24.9. The summed E-state index contributed by atoms with van der Waals surface area (Å²) in [5.74, 6) is -0.881. The molecule has 1 atom stereocenters. The van der Waals surface area contributed by atoms with Crippen LogP contribution in [-0.2, 0) is 11.3 Å². The number of carbonyl (C=O) groups is 2. The maximum atomic E-state index is 13.2. The number of carbonyl (C=O) groups excluding carboxylic acids is 2. The molecule has 2 aliphatic rings. The summed E-state index contributed by atoms with van der Waals surface area (Å²) in [6, 6.07) is 14.4. The first-order valence-corrected chi connectivity index (χ1v) is 12.3. The topological polar surface area (TPSA) is 53.1 Å². The molecule has 0 aliphatic carbocycles. The summed E-state index contributed by atoms with van der Waals surface area (Å²) >= 11 is 0. The fourth-order valence-corrected chi connectivity index (χ4v) is 5.00. The average molecular weight is 486 g/mol. The number of piperidine rings is 2. The third-order valence-electron chi connectivity index (χ3n) is 6.84. The summed E-state index contributed by atoms with van der Waals surface area (Å²) < 4.78 is 30.0. The molecule has 35 heavy (non-hydrogen) atoms. The Morgan fingerprint density at radius 3 is 2.43 bits per heavy atom. The zero-order valence-electron chi connectivity index (χ0n) is 20.2. The van der Waals surface area contributed by atoms with Gasteiger partial charge < -0.3 is 19.4 Å². The summed E-state index contributed by atoms with van der Waals surface area (Å²) in [4.78, 5) is 31.9. The number of halogens is 2. The fourth-order valence-electron chi connectivity index (χ4n) is 5.00. The molecule has 4 rings (SSSR count). The molecule has 8 heteroatoms. The lowest BCUT2D eigenvalue weighted by Gasteiger charge is -2.34. The Morgan fingerprint density at radius 1 is 1.00 bits per heavy atom. The molecule has 0 N–H and O–H groups in total. The normalized spacial score (nSPS) is 18.5. The fraction of sp³-hybridized carbons (Fsp3) is 0.481. The monoisotopic (exact) mass is 485 g/mol. The predicted octanol–water partition coefficient (Wildman–Crippen LogP) is 4.79. The zero-order chi connectivity index (χ0) is 24.8. The van der Waals surface area contributed by atoms with Crippen molar-refractivity contribution in [1.29, 1.82) is 0 Å². The molecule has 6 nitrogen and oxygen atoms in total. The lowest BCUT2D eigenvalue weighted by Crippen LogP contribution is -2.45. The summed E-state index contributed by atoms with van der Waals surface area (Å²) in [7, 11) is 1.79. The van der Waals surface area contributed by atoms with Crippen LogP contribution in [0.1, 0.15) is 48.0 Å². The number of rotatable bonds is 7. The third kappa shape index (κ3) is 6.29. The van der Waals surface area contributed by atoms with Gasteiger partial charge in [0.1, 0.15) is 5.75 Å². The molecule has 0 spiro atoms. The van der Waals surface area contributed by atoms with Crippen molar-refractivity contribution in [2.45, 2.75) is 45.3 Å². The molecular formula is C27H33F2N3O3. The van der Waals surface area contributed by atoms with E-state index in [2.05, 4.69) is 33.9 Å². The largest absolute Gasteiger partial charge is 0.434 e. The van der Waals surface area contributed by atoms with E-state index < -0.39 is 12.5 Å². The summed E-state index contributed by atoms with van der Waals surface area (Å²) in [6.07, 6.45) is 5.12. The van der Waals surface area contributed by atoms with E-state index in [0.29, 0.717) is 25.9 Å². The van der Waals surface area contributed by atoms with Crippen molar-refractivity contribution in [3.8, 4) is 5.75 Å². The van der Waals surface area contributed by atoms with Gasteiger partial charge in [0.15, 0.2) is 0 Å². The lowest BCUT2D eigenvalue weighted by molar-refractivity contribution is -0.136. The Hall–Kier alpha value is -3.16. The minimum Gasteiger partial charge on any atom is -0.434 e. The van der Waals surface area contributed by atoms with Crippen LogP contribution in [-0.4, -0.2) is 61.5 Å². The highest BCUT2D eigenvalue weighted by Gasteiger charge is 2.31. The smallest absolute Gasteiger partial charge is 0.387 e. The number of nitrogens with zero attached hydrogens (tertiary/aromatic N) is 3. The van der Waals surface area contributed by atoms with Crippen LogP contribution in [0.2, 0.25) is 0 Å². The maximum Gasteiger partial charge on any atom is 0.387 e. The van der Waals surface area contributed by atoms with Crippen LogP contribution in [0, 0.1) is 5.92 Å². The number of ether oxygens (including phenoxy) is 1. The van der Waals surface area contributed by atoms with E-state index in [-0.39, 0.29) is 29.7 Å². The first-order chi connectivity index (χ1) is 16.9. The standard InChI is InChI=1S/C27H33F2N3O3/c1-30(18-20-11-13-22(14-12-20)31-15-5-2-6-16-31)25(33)21-8-7-17-32(19-21)26(34)23-9-3-4-10-24(23)35-27(28)29/h3-4,9-14,21,27H,2,5-8,15-19H2,1H3. The van der Waals surface area contributed by atoms with Crippen molar-refractivity contribution in [2.75, 3.05) is 38.1 Å². The van der Waals surface area contributed by atoms with Gasteiger partial charge in [-0.25, -0.2) is 0 Å². The van der Waals surface area contributed by atoms with Gasteiger partial charge in [0.2, 0.25) is 5.91 Å². The quantitative estimate of drug-likeness (QED) is 0.566. The molecule has 2 aromatic carbocycles. The lowest BCUT2D eigenvalue weighted by atomic mass is 9.95. The Kier molecular flexibility index (Phi) is 8.21. The number of anilines is 1. The third-order valence-corrected chi connectivity index (χ3v) is 6.84. The molecule has 2 fully saturated rings. The van der Waals surface area contributed by atoms with Crippen LogP contribution in [0.15, 0.2) is 48.5 Å². The molecule has 188 valence electrons. The molecule has 2 heterocycles.